The number of carboxylic acids is 1. The number of aromatic nitrogens is 3. The highest BCUT2D eigenvalue weighted by atomic mass is 32.2. The summed E-state index contributed by atoms with van der Waals surface area (Å²) in [5, 5.41) is 24.9. The highest BCUT2D eigenvalue weighted by molar-refractivity contribution is 7.99. The van der Waals surface area contributed by atoms with Crippen LogP contribution in [0.25, 0.3) is 5.69 Å². The third kappa shape index (κ3) is 3.00. The van der Waals surface area contributed by atoms with Crippen LogP contribution in [0.1, 0.15) is 5.82 Å². The molecule has 0 aliphatic rings. The van der Waals surface area contributed by atoms with Gasteiger partial charge in [0.05, 0.1) is 11.4 Å². The van der Waals surface area contributed by atoms with E-state index >= 15 is 0 Å². The van der Waals surface area contributed by atoms with Gasteiger partial charge in [0.15, 0.2) is 28.4 Å². The molecule has 1 aromatic carbocycles. The monoisotopic (exact) mass is 319 g/mol. The van der Waals surface area contributed by atoms with Crippen molar-refractivity contribution in [2.24, 2.45) is 0 Å². The normalized spacial score (nSPS) is 10.9. The molecule has 0 saturated carbocycles. The first-order valence-electron chi connectivity index (χ1n) is 5.49. The molecule has 0 amide bonds. The molecule has 0 spiro atoms. The van der Waals surface area contributed by atoms with Crippen molar-refractivity contribution in [2.45, 2.75) is 11.8 Å². The van der Waals surface area contributed by atoms with Gasteiger partial charge in [-0.1, -0.05) is 11.8 Å². The molecule has 0 unspecified atom stereocenters. The predicted molar refractivity (Wildman–Crippen MR) is 65.5 cm³/mol. The van der Waals surface area contributed by atoms with Gasteiger partial charge in [0.2, 0.25) is 0 Å². The van der Waals surface area contributed by atoms with Gasteiger partial charge >= 0.3 is 5.97 Å². The van der Waals surface area contributed by atoms with E-state index in [1.165, 1.54) is 0 Å². The van der Waals surface area contributed by atoms with Gasteiger partial charge in [-0.25, -0.2) is 13.2 Å². The first kappa shape index (κ1) is 15.3. The number of nitrogens with zero attached hydrogens (tertiary/aromatic N) is 3. The molecule has 10 heteroatoms. The molecule has 1 aromatic heterocycles. The topological polar surface area (TPSA) is 88.2 Å². The van der Waals surface area contributed by atoms with E-state index in [-0.39, 0.29) is 11.0 Å². The molecule has 0 fully saturated rings. The lowest BCUT2D eigenvalue weighted by Gasteiger charge is -2.10. The Morgan fingerprint density at radius 1 is 1.24 bits per heavy atom. The Morgan fingerprint density at radius 3 is 2.57 bits per heavy atom. The zero-order valence-corrected chi connectivity index (χ0v) is 11.1. The number of aliphatic carboxylic acids is 1. The number of hydrogen-bond donors (Lipinski definition) is 2. The van der Waals surface area contributed by atoms with Crippen LogP contribution >= 0.6 is 11.8 Å². The molecular formula is C11H8F3N3O3S. The van der Waals surface area contributed by atoms with E-state index in [1.54, 1.807) is 0 Å². The summed E-state index contributed by atoms with van der Waals surface area (Å²) in [6, 6.07) is 1.65. The van der Waals surface area contributed by atoms with Crippen molar-refractivity contribution >= 4 is 17.7 Å². The lowest BCUT2D eigenvalue weighted by molar-refractivity contribution is -0.133. The van der Waals surface area contributed by atoms with E-state index in [4.69, 9.17) is 10.2 Å². The average Bonchev–Trinajstić information content (AvgIpc) is 2.85. The standard InChI is InChI=1S/C11H8F3N3O3S/c12-5-1-2-6(10(14)9(5)13)17-7(3-18)15-16-11(17)21-4-8(19)20/h1-2,18H,3-4H2,(H,19,20). The molecule has 1 heterocycles. The maximum absolute atomic E-state index is 13.8. The highest BCUT2D eigenvalue weighted by Crippen LogP contribution is 2.26. The summed E-state index contributed by atoms with van der Waals surface area (Å²) in [6.07, 6.45) is 0. The van der Waals surface area contributed by atoms with Crippen LogP contribution in [-0.2, 0) is 11.4 Å². The van der Waals surface area contributed by atoms with Crippen molar-refractivity contribution in [1.82, 2.24) is 14.8 Å². The van der Waals surface area contributed by atoms with Gasteiger partial charge in [-0.05, 0) is 12.1 Å². The molecule has 0 aliphatic carbocycles. The number of rotatable bonds is 5. The quantitative estimate of drug-likeness (QED) is 0.639. The van der Waals surface area contributed by atoms with Gasteiger partial charge in [0.25, 0.3) is 0 Å². The van der Waals surface area contributed by atoms with E-state index in [0.29, 0.717) is 17.8 Å². The zero-order valence-electron chi connectivity index (χ0n) is 10.3. The molecule has 21 heavy (non-hydrogen) atoms. The van der Waals surface area contributed by atoms with Gasteiger partial charge in [0, 0.05) is 0 Å². The molecule has 2 aromatic rings. The molecule has 0 radical (unpaired) electrons. The molecule has 2 rings (SSSR count). The second kappa shape index (κ2) is 6.14. The minimum atomic E-state index is -1.68. The fourth-order valence-electron chi connectivity index (χ4n) is 1.55. The van der Waals surface area contributed by atoms with Crippen LogP contribution in [0.15, 0.2) is 17.3 Å². The average molecular weight is 319 g/mol. The molecule has 0 saturated heterocycles. The van der Waals surface area contributed by atoms with E-state index in [1.807, 2.05) is 0 Å². The summed E-state index contributed by atoms with van der Waals surface area (Å²) < 4.78 is 41.0. The first-order chi connectivity index (χ1) is 9.95. The summed E-state index contributed by atoms with van der Waals surface area (Å²) in [5.41, 5.74) is -0.421. The summed E-state index contributed by atoms with van der Waals surface area (Å²) in [4.78, 5) is 10.6. The number of aliphatic hydroxyl groups excluding tert-OH is 1. The summed E-state index contributed by atoms with van der Waals surface area (Å²) in [7, 11) is 0. The van der Waals surface area contributed by atoms with Crippen LogP contribution in [0.5, 0.6) is 0 Å². The Balaban J connectivity index is 2.54. The number of carboxylic acid groups (broad SMARTS) is 1. The van der Waals surface area contributed by atoms with Crippen LogP contribution in [0.2, 0.25) is 0 Å². The Morgan fingerprint density at radius 2 is 1.95 bits per heavy atom. The maximum Gasteiger partial charge on any atom is 0.313 e. The summed E-state index contributed by atoms with van der Waals surface area (Å²) >= 11 is 0.701. The van der Waals surface area contributed by atoms with Gasteiger partial charge in [-0.3, -0.25) is 9.36 Å². The van der Waals surface area contributed by atoms with Crippen molar-refractivity contribution in [2.75, 3.05) is 5.75 Å². The fraction of sp³-hybridized carbons (Fsp3) is 0.182. The fourth-order valence-corrected chi connectivity index (χ4v) is 2.24. The van der Waals surface area contributed by atoms with Gasteiger partial charge in [-0.2, -0.15) is 0 Å². The van der Waals surface area contributed by atoms with E-state index in [2.05, 4.69) is 10.2 Å². The number of hydrogen-bond acceptors (Lipinski definition) is 5. The van der Waals surface area contributed by atoms with Crippen LogP contribution in [-0.4, -0.2) is 36.7 Å². The second-order valence-electron chi connectivity index (χ2n) is 3.77. The lowest BCUT2D eigenvalue weighted by atomic mass is 10.2. The van der Waals surface area contributed by atoms with Gasteiger partial charge in [-0.15, -0.1) is 10.2 Å². The predicted octanol–water partition coefficient (Wildman–Crippen LogP) is 1.35. The summed E-state index contributed by atoms with van der Waals surface area (Å²) in [6.45, 7) is -0.640. The zero-order chi connectivity index (χ0) is 15.6. The molecule has 6 nitrogen and oxygen atoms in total. The molecular weight excluding hydrogens is 311 g/mol. The largest absolute Gasteiger partial charge is 0.481 e. The van der Waals surface area contributed by atoms with Gasteiger partial charge in [0.1, 0.15) is 6.61 Å². The molecule has 2 N–H and O–H groups in total. The van der Waals surface area contributed by atoms with Crippen molar-refractivity contribution in [1.29, 1.82) is 0 Å². The third-order valence-electron chi connectivity index (χ3n) is 2.42. The van der Waals surface area contributed by atoms with E-state index in [9.17, 15) is 18.0 Å². The number of aliphatic hydroxyl groups is 1. The number of thioether (sulfide) groups is 1. The van der Waals surface area contributed by atoms with Crippen molar-refractivity contribution in [3.8, 4) is 5.69 Å². The molecule has 112 valence electrons. The Hall–Kier alpha value is -2.07. The molecule has 0 aliphatic heterocycles. The van der Waals surface area contributed by atoms with Gasteiger partial charge < -0.3 is 10.2 Å². The Labute approximate surface area is 120 Å². The third-order valence-corrected chi connectivity index (χ3v) is 3.34. The first-order valence-corrected chi connectivity index (χ1v) is 6.48. The maximum atomic E-state index is 13.8. The number of halogens is 3. The minimum Gasteiger partial charge on any atom is -0.481 e. The van der Waals surface area contributed by atoms with Crippen LogP contribution in [0, 0.1) is 17.5 Å². The van der Waals surface area contributed by atoms with Crippen molar-refractivity contribution < 1.29 is 28.2 Å². The van der Waals surface area contributed by atoms with E-state index in [0.717, 1.165) is 10.6 Å². The van der Waals surface area contributed by atoms with Crippen LogP contribution in [0.3, 0.4) is 0 Å². The second-order valence-corrected chi connectivity index (χ2v) is 4.71. The van der Waals surface area contributed by atoms with E-state index < -0.39 is 41.5 Å². The highest BCUT2D eigenvalue weighted by Gasteiger charge is 2.21. The van der Waals surface area contributed by atoms with Crippen LogP contribution < -0.4 is 0 Å². The smallest absolute Gasteiger partial charge is 0.313 e. The van der Waals surface area contributed by atoms with Crippen molar-refractivity contribution in [3.05, 3.63) is 35.4 Å². The number of carbonyl (C=O) groups is 1. The van der Waals surface area contributed by atoms with Crippen LogP contribution in [0.4, 0.5) is 13.2 Å². The summed E-state index contributed by atoms with van der Waals surface area (Å²) in [5.74, 6) is -6.20. The lowest BCUT2D eigenvalue weighted by Crippen LogP contribution is -2.08. The Bertz CT molecular complexity index is 693. The molecule has 0 atom stereocenters. The minimum absolute atomic E-state index is 0.0636. The van der Waals surface area contributed by atoms with Crippen molar-refractivity contribution in [3.63, 3.8) is 0 Å². The number of benzene rings is 1. The SMILES string of the molecule is O=C(O)CSc1nnc(CO)n1-c1ccc(F)c(F)c1F. The molecule has 0 bridgehead atoms. The Kier molecular flexibility index (Phi) is 4.48.